The molecule has 218 valence electrons. The van der Waals surface area contributed by atoms with Gasteiger partial charge in [0.1, 0.15) is 12.6 Å². The predicted molar refractivity (Wildman–Crippen MR) is 164 cm³/mol. The summed E-state index contributed by atoms with van der Waals surface area (Å²) in [5.74, 6) is -1.00. The van der Waals surface area contributed by atoms with Crippen molar-refractivity contribution in [1.29, 1.82) is 0 Å². The molecule has 0 radical (unpaired) electrons. The largest absolute Gasteiger partial charge is 0.352 e. The maximum atomic E-state index is 14.1. The molecular weight excluding hydrogens is 628 g/mol. The van der Waals surface area contributed by atoms with Crippen molar-refractivity contribution < 1.29 is 18.0 Å². The topological polar surface area (TPSA) is 86.8 Å². The molecule has 0 bridgehead atoms. The van der Waals surface area contributed by atoms with Gasteiger partial charge in [-0.25, -0.2) is 8.42 Å². The number of hydrogen-bond donors (Lipinski definition) is 1. The van der Waals surface area contributed by atoms with E-state index in [1.165, 1.54) is 35.2 Å². The van der Waals surface area contributed by atoms with Crippen LogP contribution in [0.3, 0.4) is 0 Å². The van der Waals surface area contributed by atoms with E-state index in [2.05, 4.69) is 5.32 Å². The molecule has 41 heavy (non-hydrogen) atoms. The minimum absolute atomic E-state index is 0.0219. The first kappa shape index (κ1) is 31.4. The van der Waals surface area contributed by atoms with Gasteiger partial charge in [-0.1, -0.05) is 83.5 Å². The number of carbonyl (C=O) groups excluding carboxylic acids is 2. The van der Waals surface area contributed by atoms with Gasteiger partial charge in [0.05, 0.1) is 15.6 Å². The molecule has 0 aromatic heterocycles. The smallest absolute Gasteiger partial charge is 0.264 e. The van der Waals surface area contributed by atoms with Crippen molar-refractivity contribution in [2.45, 2.75) is 56.1 Å². The minimum atomic E-state index is -4.27. The molecule has 2 amide bonds. The van der Waals surface area contributed by atoms with E-state index in [0.717, 1.165) is 30.0 Å². The van der Waals surface area contributed by atoms with Crippen LogP contribution in [0.5, 0.6) is 0 Å². The van der Waals surface area contributed by atoms with Gasteiger partial charge in [-0.05, 0) is 62.2 Å². The predicted octanol–water partition coefficient (Wildman–Crippen LogP) is 6.97. The van der Waals surface area contributed by atoms with E-state index < -0.39 is 28.5 Å². The molecule has 1 aliphatic rings. The second-order valence-electron chi connectivity index (χ2n) is 9.81. The number of amides is 2. The number of rotatable bonds is 10. The van der Waals surface area contributed by atoms with E-state index in [1.807, 2.05) is 0 Å². The highest BCUT2D eigenvalue weighted by Gasteiger charge is 2.34. The molecule has 0 aliphatic heterocycles. The van der Waals surface area contributed by atoms with Crippen molar-refractivity contribution >= 4 is 73.9 Å². The van der Waals surface area contributed by atoms with Crippen LogP contribution in [0.2, 0.25) is 20.1 Å². The first-order valence-electron chi connectivity index (χ1n) is 13.0. The van der Waals surface area contributed by atoms with Crippen LogP contribution in [0.15, 0.2) is 71.6 Å². The summed E-state index contributed by atoms with van der Waals surface area (Å²) in [7, 11) is -4.27. The molecule has 7 nitrogen and oxygen atoms in total. The van der Waals surface area contributed by atoms with E-state index in [1.54, 1.807) is 43.3 Å². The van der Waals surface area contributed by atoms with Gasteiger partial charge in [0, 0.05) is 33.2 Å². The summed E-state index contributed by atoms with van der Waals surface area (Å²) in [6.07, 6.45) is 3.76. The molecule has 0 saturated heterocycles. The molecule has 0 heterocycles. The second-order valence-corrected chi connectivity index (χ2v) is 13.3. The average molecular weight is 657 g/mol. The molecule has 0 spiro atoms. The Balaban J connectivity index is 1.73. The summed E-state index contributed by atoms with van der Waals surface area (Å²) in [5.41, 5.74) is 0.499. The van der Waals surface area contributed by atoms with Crippen LogP contribution >= 0.6 is 46.4 Å². The number of benzene rings is 3. The molecule has 1 aliphatic carbocycles. The molecule has 1 atom stereocenters. The first-order chi connectivity index (χ1) is 19.5. The highest BCUT2D eigenvalue weighted by molar-refractivity contribution is 7.92. The third-order valence-electron chi connectivity index (χ3n) is 7.05. The third kappa shape index (κ3) is 7.48. The number of sulfonamides is 1. The van der Waals surface area contributed by atoms with Crippen LogP contribution < -0.4 is 9.62 Å². The standard InChI is InChI=1S/C29H29Cl4N3O4S/c1-19(29(38)34-21-8-5-6-9-21)35(17-23-24(31)12-7-13-25(23)32)28(37)18-36(27-15-14-20(30)16-26(27)33)41(39,40)22-10-3-2-4-11-22/h2-4,7,10-16,19,21H,5-6,8-9,17-18H2,1H3,(H,34,38)/t19-/m1/s1. The van der Waals surface area contributed by atoms with Gasteiger partial charge in [-0.2, -0.15) is 0 Å². The van der Waals surface area contributed by atoms with Crippen molar-refractivity contribution in [2.24, 2.45) is 0 Å². The van der Waals surface area contributed by atoms with E-state index in [-0.39, 0.29) is 34.1 Å². The maximum absolute atomic E-state index is 14.1. The van der Waals surface area contributed by atoms with Gasteiger partial charge in [0.25, 0.3) is 10.0 Å². The Morgan fingerprint density at radius 2 is 1.54 bits per heavy atom. The molecule has 1 saturated carbocycles. The van der Waals surface area contributed by atoms with E-state index in [0.29, 0.717) is 20.6 Å². The monoisotopic (exact) mass is 655 g/mol. The Labute approximate surface area is 260 Å². The zero-order chi connectivity index (χ0) is 29.7. The van der Waals surface area contributed by atoms with Crippen LogP contribution in [0.4, 0.5) is 5.69 Å². The zero-order valence-electron chi connectivity index (χ0n) is 22.2. The van der Waals surface area contributed by atoms with Crippen molar-refractivity contribution in [3.8, 4) is 0 Å². The summed E-state index contributed by atoms with van der Waals surface area (Å²) in [6, 6.07) is 16.0. The van der Waals surface area contributed by atoms with Gasteiger partial charge >= 0.3 is 0 Å². The highest BCUT2D eigenvalue weighted by Crippen LogP contribution is 2.33. The number of anilines is 1. The molecular formula is C29H29Cl4N3O4S. The van der Waals surface area contributed by atoms with Crippen LogP contribution in [-0.2, 0) is 26.2 Å². The summed E-state index contributed by atoms with van der Waals surface area (Å²) in [4.78, 5) is 28.7. The average Bonchev–Trinajstić information content (AvgIpc) is 3.45. The highest BCUT2D eigenvalue weighted by atomic mass is 35.5. The SMILES string of the molecule is C[C@H](C(=O)NC1CCCC1)N(Cc1c(Cl)cccc1Cl)C(=O)CN(c1ccc(Cl)cc1Cl)S(=O)(=O)c1ccccc1. The quantitative estimate of drug-likeness (QED) is 0.255. The van der Waals surface area contributed by atoms with Gasteiger partial charge in [0.2, 0.25) is 11.8 Å². The summed E-state index contributed by atoms with van der Waals surface area (Å²) >= 11 is 25.4. The molecule has 12 heteroatoms. The summed E-state index contributed by atoms with van der Waals surface area (Å²) < 4.78 is 28.7. The van der Waals surface area contributed by atoms with Gasteiger partial charge in [0.15, 0.2) is 0 Å². The van der Waals surface area contributed by atoms with Gasteiger partial charge < -0.3 is 10.2 Å². The molecule has 0 unspecified atom stereocenters. The van der Waals surface area contributed by atoms with Crippen molar-refractivity contribution in [3.63, 3.8) is 0 Å². The fourth-order valence-corrected chi connectivity index (χ4v) is 7.28. The molecule has 4 rings (SSSR count). The minimum Gasteiger partial charge on any atom is -0.352 e. The Bertz CT molecular complexity index is 1500. The number of halogens is 4. The third-order valence-corrected chi connectivity index (χ3v) is 10.1. The number of hydrogen-bond acceptors (Lipinski definition) is 4. The summed E-state index contributed by atoms with van der Waals surface area (Å²) in [5, 5.41) is 3.99. The van der Waals surface area contributed by atoms with Crippen LogP contribution in [0.25, 0.3) is 0 Å². The second kappa shape index (κ2) is 13.7. The lowest BCUT2D eigenvalue weighted by Crippen LogP contribution is -2.52. The fraction of sp³-hybridized carbons (Fsp3) is 0.310. The number of carbonyl (C=O) groups is 2. The van der Waals surface area contributed by atoms with Gasteiger partial charge in [-0.3, -0.25) is 13.9 Å². The van der Waals surface area contributed by atoms with E-state index in [4.69, 9.17) is 46.4 Å². The number of nitrogens with one attached hydrogen (secondary N) is 1. The first-order valence-corrected chi connectivity index (χ1v) is 16.0. The number of nitrogens with zero attached hydrogens (tertiary/aromatic N) is 2. The van der Waals surface area contributed by atoms with Crippen molar-refractivity contribution in [2.75, 3.05) is 10.8 Å². The lowest BCUT2D eigenvalue weighted by atomic mass is 10.1. The Morgan fingerprint density at radius 3 is 2.15 bits per heavy atom. The van der Waals surface area contributed by atoms with Crippen molar-refractivity contribution in [1.82, 2.24) is 10.2 Å². The lowest BCUT2D eigenvalue weighted by Gasteiger charge is -2.33. The van der Waals surface area contributed by atoms with Crippen LogP contribution in [-0.4, -0.2) is 43.8 Å². The lowest BCUT2D eigenvalue weighted by molar-refractivity contribution is -0.139. The normalized spacial score (nSPS) is 14.5. The van der Waals surface area contributed by atoms with Crippen LogP contribution in [0, 0.1) is 0 Å². The fourth-order valence-electron chi connectivity index (χ4n) is 4.74. The van der Waals surface area contributed by atoms with Crippen LogP contribution in [0.1, 0.15) is 38.2 Å². The van der Waals surface area contributed by atoms with E-state index in [9.17, 15) is 18.0 Å². The van der Waals surface area contributed by atoms with Crippen molar-refractivity contribution in [3.05, 3.63) is 92.4 Å². The van der Waals surface area contributed by atoms with Gasteiger partial charge in [-0.15, -0.1) is 0 Å². The Morgan fingerprint density at radius 1 is 0.902 bits per heavy atom. The molecule has 3 aromatic carbocycles. The molecule has 1 fully saturated rings. The Kier molecular flexibility index (Phi) is 10.5. The summed E-state index contributed by atoms with van der Waals surface area (Å²) in [6.45, 7) is 0.824. The Hall–Kier alpha value is -2.49. The molecule has 3 aromatic rings. The zero-order valence-corrected chi connectivity index (χ0v) is 26.0. The molecule has 1 N–H and O–H groups in total. The van der Waals surface area contributed by atoms with E-state index >= 15 is 0 Å². The maximum Gasteiger partial charge on any atom is 0.264 e.